The molecule has 0 amide bonds. The quantitative estimate of drug-likeness (QED) is 0.854. The highest BCUT2D eigenvalue weighted by Crippen LogP contribution is 2.23. The second-order valence-electron chi connectivity index (χ2n) is 3.57. The molecule has 1 N–H and O–H groups in total. The van der Waals surface area contributed by atoms with E-state index >= 15 is 0 Å². The smallest absolute Gasteiger partial charge is 0.161 e. The molecule has 0 aliphatic carbocycles. The molecule has 6 heteroatoms. The summed E-state index contributed by atoms with van der Waals surface area (Å²) in [4.78, 5) is 7.93. The minimum atomic E-state index is -1.23. The molecule has 1 heterocycles. The van der Waals surface area contributed by atoms with Crippen LogP contribution in [0.2, 0.25) is 0 Å². The van der Waals surface area contributed by atoms with Crippen molar-refractivity contribution in [3.05, 3.63) is 42.0 Å². The predicted molar refractivity (Wildman–Crippen MR) is 61.5 cm³/mol. The van der Waals surface area contributed by atoms with Crippen LogP contribution in [0.1, 0.15) is 6.92 Å². The third-order valence-corrected chi connectivity index (χ3v) is 2.28. The Kier molecular flexibility index (Phi) is 3.45. The molecule has 0 saturated carbocycles. The number of rotatable bonds is 3. The van der Waals surface area contributed by atoms with Crippen LogP contribution in [0.15, 0.2) is 24.5 Å². The zero-order valence-corrected chi connectivity index (χ0v) is 9.54. The fraction of sp³-hybridized carbons (Fsp3) is 0.167. The van der Waals surface area contributed by atoms with Gasteiger partial charge in [0.2, 0.25) is 0 Å². The van der Waals surface area contributed by atoms with Crippen molar-refractivity contribution in [3.8, 4) is 11.3 Å². The van der Waals surface area contributed by atoms with E-state index in [4.69, 9.17) is 0 Å². The standard InChI is InChI=1S/C12H10F3N3/c1-2-17-12-6-16-5-11(18-12)7-3-9(14)10(15)4-8(7)13/h3-6H,2H2,1H3,(H,17,18). The minimum absolute atomic E-state index is 0.124. The highest BCUT2D eigenvalue weighted by Gasteiger charge is 2.13. The molecule has 2 aromatic rings. The predicted octanol–water partition coefficient (Wildman–Crippen LogP) is 2.99. The molecule has 0 bridgehead atoms. The summed E-state index contributed by atoms with van der Waals surface area (Å²) in [5.41, 5.74) is 0.0194. The van der Waals surface area contributed by atoms with Crippen molar-refractivity contribution in [1.82, 2.24) is 9.97 Å². The van der Waals surface area contributed by atoms with Crippen molar-refractivity contribution in [2.24, 2.45) is 0 Å². The van der Waals surface area contributed by atoms with E-state index in [0.717, 1.165) is 6.07 Å². The Bertz CT molecular complexity index is 572. The Hall–Kier alpha value is -2.11. The van der Waals surface area contributed by atoms with E-state index in [1.165, 1.54) is 12.4 Å². The van der Waals surface area contributed by atoms with E-state index in [2.05, 4.69) is 15.3 Å². The van der Waals surface area contributed by atoms with Crippen LogP contribution >= 0.6 is 0 Å². The van der Waals surface area contributed by atoms with Gasteiger partial charge in [-0.15, -0.1) is 0 Å². The fourth-order valence-electron chi connectivity index (χ4n) is 1.48. The zero-order valence-electron chi connectivity index (χ0n) is 9.54. The lowest BCUT2D eigenvalue weighted by atomic mass is 10.1. The van der Waals surface area contributed by atoms with E-state index in [0.29, 0.717) is 18.4 Å². The third-order valence-electron chi connectivity index (χ3n) is 2.28. The van der Waals surface area contributed by atoms with Crippen molar-refractivity contribution in [3.63, 3.8) is 0 Å². The van der Waals surface area contributed by atoms with Crippen molar-refractivity contribution in [1.29, 1.82) is 0 Å². The summed E-state index contributed by atoms with van der Waals surface area (Å²) in [7, 11) is 0. The highest BCUT2D eigenvalue weighted by atomic mass is 19.2. The van der Waals surface area contributed by atoms with Gasteiger partial charge in [-0.2, -0.15) is 0 Å². The van der Waals surface area contributed by atoms with Gasteiger partial charge >= 0.3 is 0 Å². The Morgan fingerprint density at radius 3 is 2.50 bits per heavy atom. The van der Waals surface area contributed by atoms with Gasteiger partial charge in [-0.25, -0.2) is 18.2 Å². The number of hydrogen-bond donors (Lipinski definition) is 1. The maximum absolute atomic E-state index is 13.5. The molecule has 94 valence electrons. The summed E-state index contributed by atoms with van der Waals surface area (Å²) in [5.74, 6) is -2.79. The van der Waals surface area contributed by atoms with Crippen LogP contribution in [0.4, 0.5) is 19.0 Å². The van der Waals surface area contributed by atoms with Crippen molar-refractivity contribution in [2.45, 2.75) is 6.92 Å². The summed E-state index contributed by atoms with van der Waals surface area (Å²) in [5, 5.41) is 2.90. The molecule has 3 nitrogen and oxygen atoms in total. The minimum Gasteiger partial charge on any atom is -0.369 e. The van der Waals surface area contributed by atoms with Crippen molar-refractivity contribution < 1.29 is 13.2 Å². The van der Waals surface area contributed by atoms with Crippen molar-refractivity contribution in [2.75, 3.05) is 11.9 Å². The SMILES string of the molecule is CCNc1cncc(-c2cc(F)c(F)cc2F)n1. The number of halogens is 3. The van der Waals surface area contributed by atoms with Crippen LogP contribution in [0.25, 0.3) is 11.3 Å². The second-order valence-corrected chi connectivity index (χ2v) is 3.57. The third kappa shape index (κ3) is 2.42. The van der Waals surface area contributed by atoms with E-state index in [1.54, 1.807) is 0 Å². The van der Waals surface area contributed by atoms with E-state index in [-0.39, 0.29) is 11.3 Å². The van der Waals surface area contributed by atoms with Gasteiger partial charge in [0, 0.05) is 18.2 Å². The zero-order chi connectivity index (χ0) is 13.1. The van der Waals surface area contributed by atoms with Crippen LogP contribution < -0.4 is 5.32 Å². The molecule has 0 fully saturated rings. The number of hydrogen-bond acceptors (Lipinski definition) is 3. The molecule has 18 heavy (non-hydrogen) atoms. The molecule has 0 unspecified atom stereocenters. The van der Waals surface area contributed by atoms with Gasteiger partial charge in [-0.1, -0.05) is 0 Å². The lowest BCUT2D eigenvalue weighted by Gasteiger charge is -2.06. The Morgan fingerprint density at radius 2 is 1.78 bits per heavy atom. The summed E-state index contributed by atoms with van der Waals surface area (Å²) < 4.78 is 39.4. The number of anilines is 1. The first-order chi connectivity index (χ1) is 8.61. The first-order valence-electron chi connectivity index (χ1n) is 5.32. The summed E-state index contributed by atoms with van der Waals surface area (Å²) in [6.07, 6.45) is 2.75. The van der Waals surface area contributed by atoms with Gasteiger partial charge in [0.1, 0.15) is 11.6 Å². The van der Waals surface area contributed by atoms with E-state index in [9.17, 15) is 13.2 Å². The molecule has 1 aromatic carbocycles. The van der Waals surface area contributed by atoms with Gasteiger partial charge in [-0.05, 0) is 13.0 Å². The van der Waals surface area contributed by atoms with Gasteiger partial charge < -0.3 is 5.32 Å². The number of aromatic nitrogens is 2. The fourth-order valence-corrected chi connectivity index (χ4v) is 1.48. The molecule has 0 aliphatic heterocycles. The Labute approximate surface area is 102 Å². The Morgan fingerprint density at radius 1 is 1.06 bits per heavy atom. The molecular formula is C12H10F3N3. The monoisotopic (exact) mass is 253 g/mol. The van der Waals surface area contributed by atoms with Gasteiger partial charge in [0.05, 0.1) is 18.1 Å². The molecule has 1 aromatic heterocycles. The number of nitrogens with one attached hydrogen (secondary N) is 1. The topological polar surface area (TPSA) is 37.8 Å². The summed E-state index contributed by atoms with van der Waals surface area (Å²) in [6.45, 7) is 2.49. The van der Waals surface area contributed by atoms with Gasteiger partial charge in [-0.3, -0.25) is 4.98 Å². The van der Waals surface area contributed by atoms with Crippen LogP contribution in [0.3, 0.4) is 0 Å². The average molecular weight is 253 g/mol. The maximum Gasteiger partial charge on any atom is 0.161 e. The largest absolute Gasteiger partial charge is 0.369 e. The molecule has 0 saturated heterocycles. The van der Waals surface area contributed by atoms with Crippen LogP contribution in [-0.4, -0.2) is 16.5 Å². The van der Waals surface area contributed by atoms with Crippen LogP contribution in [0.5, 0.6) is 0 Å². The normalized spacial score (nSPS) is 10.4. The van der Waals surface area contributed by atoms with Crippen molar-refractivity contribution >= 4 is 5.82 Å². The highest BCUT2D eigenvalue weighted by molar-refractivity contribution is 5.60. The molecule has 2 rings (SSSR count). The molecule has 0 aliphatic rings. The molecular weight excluding hydrogens is 243 g/mol. The first kappa shape index (κ1) is 12.3. The van der Waals surface area contributed by atoms with E-state index in [1.807, 2.05) is 6.92 Å². The molecule has 0 spiro atoms. The van der Waals surface area contributed by atoms with Crippen LogP contribution in [-0.2, 0) is 0 Å². The molecule has 0 atom stereocenters. The summed E-state index contributed by atoms with van der Waals surface area (Å²) >= 11 is 0. The molecule has 0 radical (unpaired) electrons. The second kappa shape index (κ2) is 5.03. The average Bonchev–Trinajstić information content (AvgIpc) is 2.34. The maximum atomic E-state index is 13.5. The van der Waals surface area contributed by atoms with E-state index < -0.39 is 17.5 Å². The summed E-state index contributed by atoms with van der Waals surface area (Å²) in [6, 6.07) is 1.26. The number of nitrogens with zero attached hydrogens (tertiary/aromatic N) is 2. The Balaban J connectivity index is 2.48. The number of benzene rings is 1. The van der Waals surface area contributed by atoms with Gasteiger partial charge in [0.15, 0.2) is 11.6 Å². The van der Waals surface area contributed by atoms with Gasteiger partial charge in [0.25, 0.3) is 0 Å². The lowest BCUT2D eigenvalue weighted by molar-refractivity contribution is 0.496. The lowest BCUT2D eigenvalue weighted by Crippen LogP contribution is -2.01. The van der Waals surface area contributed by atoms with Crippen LogP contribution in [0, 0.1) is 17.5 Å². The first-order valence-corrected chi connectivity index (χ1v) is 5.32.